The maximum atomic E-state index is 13.3. The lowest BCUT2D eigenvalue weighted by Gasteiger charge is -2.56. The number of hydrogen-bond acceptors (Lipinski definition) is 5. The van der Waals surface area contributed by atoms with Crippen LogP contribution in [-0.4, -0.2) is 40.3 Å². The molecule has 0 aromatic carbocycles. The third-order valence-electron chi connectivity index (χ3n) is 12.0. The molecule has 0 saturated heterocycles. The van der Waals surface area contributed by atoms with Gasteiger partial charge in [0.25, 0.3) is 0 Å². The number of rotatable bonds is 8. The maximum absolute atomic E-state index is 13.3. The van der Waals surface area contributed by atoms with Crippen molar-refractivity contribution in [1.29, 1.82) is 0 Å². The van der Waals surface area contributed by atoms with Gasteiger partial charge in [0, 0.05) is 24.9 Å². The second kappa shape index (κ2) is 10.9. The van der Waals surface area contributed by atoms with E-state index in [1.54, 1.807) is 13.8 Å². The first-order chi connectivity index (χ1) is 18.2. The number of aliphatic hydroxyl groups excluding tert-OH is 2. The lowest BCUT2D eigenvalue weighted by atomic mass is 9.47. The zero-order valence-corrected chi connectivity index (χ0v) is 25.0. The highest BCUT2D eigenvalue weighted by Gasteiger charge is 2.62. The fourth-order valence-corrected chi connectivity index (χ4v) is 9.47. The number of aliphatic hydroxyl groups is 2. The minimum absolute atomic E-state index is 0.0381. The largest absolute Gasteiger partial charge is 0.396 e. The molecule has 0 amide bonds. The molecule has 39 heavy (non-hydrogen) atoms. The van der Waals surface area contributed by atoms with Crippen LogP contribution in [0, 0.1) is 51.8 Å². The van der Waals surface area contributed by atoms with Crippen LogP contribution >= 0.6 is 0 Å². The Balaban J connectivity index is 1.76. The maximum Gasteiger partial charge on any atom is 0.187 e. The van der Waals surface area contributed by atoms with Crippen LogP contribution < -0.4 is 0 Å². The van der Waals surface area contributed by atoms with Crippen molar-refractivity contribution in [2.45, 2.75) is 99.0 Å². The molecule has 2 unspecified atom stereocenters. The van der Waals surface area contributed by atoms with Gasteiger partial charge in [0.2, 0.25) is 0 Å². The zero-order valence-electron chi connectivity index (χ0n) is 25.0. The standard InChI is InChI=1S/C34H50O5/c1-20(19-35)22(3)30(38)31(39)24(5)29-25(16-21(2)36)17-33(7)26-10-11-27-23(4)28(37)12-15-34(27,18-26)14-9-8-13-32(29,33)6/h12,15,17,20,23-24,26-27,29,31,35,39H,3,8-11,13-14,16,18-19H2,1-2,4-7H3/t20-,23?,24-,26+,27-,29-,31+,32+,33-,34?/m0/s1. The molecule has 4 aliphatic carbocycles. The zero-order chi connectivity index (χ0) is 28.9. The van der Waals surface area contributed by atoms with Gasteiger partial charge < -0.3 is 10.2 Å². The topological polar surface area (TPSA) is 91.7 Å². The molecule has 2 bridgehead atoms. The van der Waals surface area contributed by atoms with Gasteiger partial charge in [-0.2, -0.15) is 0 Å². The molecule has 216 valence electrons. The summed E-state index contributed by atoms with van der Waals surface area (Å²) in [5.74, 6) is -0.136. The Hall–Kier alpha value is -1.85. The summed E-state index contributed by atoms with van der Waals surface area (Å²) in [6.07, 6.45) is 12.9. The van der Waals surface area contributed by atoms with E-state index in [1.807, 2.05) is 13.0 Å². The van der Waals surface area contributed by atoms with E-state index in [2.05, 4.69) is 39.5 Å². The highest BCUT2D eigenvalue weighted by atomic mass is 16.3. The molecule has 10 atom stereocenters. The van der Waals surface area contributed by atoms with E-state index in [0.717, 1.165) is 50.5 Å². The molecule has 4 rings (SSSR count). The second-order valence-corrected chi connectivity index (χ2v) is 14.1. The number of carbonyl (C=O) groups is 3. The summed E-state index contributed by atoms with van der Waals surface area (Å²) < 4.78 is 0. The van der Waals surface area contributed by atoms with Crippen LogP contribution in [0.15, 0.2) is 36.0 Å². The Morgan fingerprint density at radius 2 is 1.82 bits per heavy atom. The van der Waals surface area contributed by atoms with E-state index in [-0.39, 0.29) is 51.8 Å². The molecule has 2 N–H and O–H groups in total. The van der Waals surface area contributed by atoms with Crippen LogP contribution in [0.1, 0.15) is 92.9 Å². The van der Waals surface area contributed by atoms with E-state index in [4.69, 9.17) is 0 Å². The summed E-state index contributed by atoms with van der Waals surface area (Å²) in [6, 6.07) is 0. The number of allylic oxidation sites excluding steroid dienone is 4. The number of hydrogen-bond donors (Lipinski definition) is 2. The van der Waals surface area contributed by atoms with Crippen molar-refractivity contribution in [2.75, 3.05) is 6.61 Å². The van der Waals surface area contributed by atoms with E-state index < -0.39 is 23.7 Å². The van der Waals surface area contributed by atoms with Crippen molar-refractivity contribution in [3.05, 3.63) is 36.0 Å². The third-order valence-corrected chi connectivity index (χ3v) is 12.0. The Bertz CT molecular complexity index is 1090. The van der Waals surface area contributed by atoms with Gasteiger partial charge in [0.15, 0.2) is 11.6 Å². The minimum atomic E-state index is -1.24. The van der Waals surface area contributed by atoms with Crippen LogP contribution in [0.4, 0.5) is 0 Å². The van der Waals surface area contributed by atoms with Gasteiger partial charge >= 0.3 is 0 Å². The van der Waals surface area contributed by atoms with Gasteiger partial charge in [-0.05, 0) is 90.6 Å². The van der Waals surface area contributed by atoms with E-state index >= 15 is 0 Å². The summed E-state index contributed by atoms with van der Waals surface area (Å²) in [7, 11) is 0. The SMILES string of the molecule is C=C(C(=O)[C@H](O)[C@@H](C)[C@H]1C(CC(C)=O)=C[C@@]2(C)[C@@H]3CC[C@H]4C(C)C(=O)C=CC4(CCCC[C@]12C)C3)[C@@H](C)CO. The molecule has 0 heterocycles. The van der Waals surface area contributed by atoms with Crippen molar-refractivity contribution in [1.82, 2.24) is 0 Å². The Kier molecular flexibility index (Phi) is 8.38. The highest BCUT2D eigenvalue weighted by molar-refractivity contribution is 5.98. The van der Waals surface area contributed by atoms with Gasteiger partial charge in [-0.3, -0.25) is 14.4 Å². The number of ketones is 3. The van der Waals surface area contributed by atoms with Crippen LogP contribution in [0.5, 0.6) is 0 Å². The molecule has 5 nitrogen and oxygen atoms in total. The first-order valence-electron chi connectivity index (χ1n) is 15.2. The number of fused-ring (bicyclic) bond motifs is 3. The average molecular weight is 539 g/mol. The van der Waals surface area contributed by atoms with Gasteiger partial charge in [0.05, 0.1) is 0 Å². The van der Waals surface area contributed by atoms with E-state index in [9.17, 15) is 24.6 Å². The lowest BCUT2D eigenvalue weighted by molar-refractivity contribution is -0.130. The lowest BCUT2D eigenvalue weighted by Crippen LogP contribution is -2.51. The van der Waals surface area contributed by atoms with E-state index in [0.29, 0.717) is 18.3 Å². The van der Waals surface area contributed by atoms with Crippen LogP contribution in [0.25, 0.3) is 0 Å². The summed E-state index contributed by atoms with van der Waals surface area (Å²) in [5.41, 5.74) is 0.923. The molecule has 0 aliphatic heterocycles. The first kappa shape index (κ1) is 30.1. The van der Waals surface area contributed by atoms with Crippen LogP contribution in [0.3, 0.4) is 0 Å². The number of carbonyl (C=O) groups excluding carboxylic acids is 3. The monoisotopic (exact) mass is 538 g/mol. The Labute approximate surface area is 235 Å². The summed E-state index contributed by atoms with van der Waals surface area (Å²) in [5, 5.41) is 21.0. The predicted molar refractivity (Wildman–Crippen MR) is 154 cm³/mol. The van der Waals surface area contributed by atoms with Crippen molar-refractivity contribution in [3.8, 4) is 0 Å². The molecule has 4 aliphatic rings. The van der Waals surface area contributed by atoms with Crippen LogP contribution in [-0.2, 0) is 14.4 Å². The number of Topliss-reactive ketones (excluding diaryl/α,β-unsaturated/α-hetero) is 2. The highest BCUT2D eigenvalue weighted by Crippen LogP contribution is 2.69. The molecule has 2 fully saturated rings. The molecule has 0 aromatic rings. The van der Waals surface area contributed by atoms with Crippen molar-refractivity contribution >= 4 is 17.3 Å². The molecule has 2 saturated carbocycles. The fraction of sp³-hybridized carbons (Fsp3) is 0.735. The Morgan fingerprint density at radius 3 is 2.46 bits per heavy atom. The average Bonchev–Trinajstić information content (AvgIpc) is 3.13. The molecule has 0 aromatic heterocycles. The second-order valence-electron chi connectivity index (χ2n) is 14.1. The summed E-state index contributed by atoms with van der Waals surface area (Å²) in [4.78, 5) is 38.4. The van der Waals surface area contributed by atoms with Crippen molar-refractivity contribution < 1.29 is 24.6 Å². The van der Waals surface area contributed by atoms with Crippen molar-refractivity contribution in [2.24, 2.45) is 51.8 Å². The smallest absolute Gasteiger partial charge is 0.187 e. The predicted octanol–water partition coefficient (Wildman–Crippen LogP) is 6.04. The quantitative estimate of drug-likeness (QED) is 0.291. The van der Waals surface area contributed by atoms with Gasteiger partial charge in [-0.1, -0.05) is 71.8 Å². The minimum Gasteiger partial charge on any atom is -0.396 e. The normalized spacial score (nSPS) is 40.2. The van der Waals surface area contributed by atoms with Gasteiger partial charge in [-0.25, -0.2) is 0 Å². The molecule has 5 heteroatoms. The summed E-state index contributed by atoms with van der Waals surface area (Å²) in [6.45, 7) is 15.8. The van der Waals surface area contributed by atoms with Crippen molar-refractivity contribution in [3.63, 3.8) is 0 Å². The fourth-order valence-electron chi connectivity index (χ4n) is 9.47. The molecular formula is C34H50O5. The molecule has 0 radical (unpaired) electrons. The first-order valence-corrected chi connectivity index (χ1v) is 15.2. The van der Waals surface area contributed by atoms with Gasteiger partial charge in [-0.15, -0.1) is 0 Å². The van der Waals surface area contributed by atoms with Crippen LogP contribution in [0.2, 0.25) is 0 Å². The van der Waals surface area contributed by atoms with E-state index in [1.165, 1.54) is 0 Å². The Morgan fingerprint density at radius 1 is 1.15 bits per heavy atom. The molecular weight excluding hydrogens is 488 g/mol. The van der Waals surface area contributed by atoms with Gasteiger partial charge in [0.1, 0.15) is 11.9 Å². The third kappa shape index (κ3) is 4.86. The summed E-state index contributed by atoms with van der Waals surface area (Å²) >= 11 is 0. The molecule has 1 spiro atoms.